The van der Waals surface area contributed by atoms with Crippen molar-refractivity contribution in [3.63, 3.8) is 0 Å². The normalized spacial score (nSPS) is 10.7. The average Bonchev–Trinajstić information content (AvgIpc) is 2.16. The highest BCUT2D eigenvalue weighted by atomic mass is 16.2. The molecular formula is C8H16N4O. The van der Waals surface area contributed by atoms with Crippen molar-refractivity contribution >= 4 is 5.96 Å². The highest BCUT2D eigenvalue weighted by molar-refractivity contribution is 5.80. The molecule has 0 saturated carbocycles. The van der Waals surface area contributed by atoms with Gasteiger partial charge in [-0.3, -0.25) is 10.3 Å². The Morgan fingerprint density at radius 2 is 2.23 bits per heavy atom. The Labute approximate surface area is 78.5 Å². The summed E-state index contributed by atoms with van der Waals surface area (Å²) >= 11 is 0. The number of unbranched alkanes of at least 4 members (excludes halogenated alkanes) is 2. The molecule has 0 rings (SSSR count). The summed E-state index contributed by atoms with van der Waals surface area (Å²) in [4.78, 5) is 3.82. The summed E-state index contributed by atoms with van der Waals surface area (Å²) in [7, 11) is 1.61. The van der Waals surface area contributed by atoms with Gasteiger partial charge >= 0.3 is 0 Å². The number of hydrogen-bond donors (Lipinski definition) is 3. The molecule has 0 bridgehead atoms. The second-order valence-corrected chi connectivity index (χ2v) is 2.52. The second-order valence-electron chi connectivity index (χ2n) is 2.52. The molecule has 0 aromatic heterocycles. The predicted molar refractivity (Wildman–Crippen MR) is 51.0 cm³/mol. The van der Waals surface area contributed by atoms with E-state index >= 15 is 0 Å². The Bertz CT molecular complexity index is 185. The van der Waals surface area contributed by atoms with Crippen LogP contribution in [0.3, 0.4) is 0 Å². The summed E-state index contributed by atoms with van der Waals surface area (Å²) < 4.78 is 0. The summed E-state index contributed by atoms with van der Waals surface area (Å²) in [6, 6.07) is 0. The molecule has 0 aromatic rings. The number of aliphatic hydroxyl groups excluding tert-OH is 1. The zero-order valence-electron chi connectivity index (χ0n) is 7.88. The van der Waals surface area contributed by atoms with Crippen LogP contribution < -0.4 is 10.6 Å². The van der Waals surface area contributed by atoms with Gasteiger partial charge in [-0.05, 0) is 19.3 Å². The second kappa shape index (κ2) is 8.81. The van der Waals surface area contributed by atoms with Crippen molar-refractivity contribution in [2.75, 3.05) is 20.2 Å². The lowest BCUT2D eigenvalue weighted by Crippen LogP contribution is -2.34. The first-order valence-electron chi connectivity index (χ1n) is 4.31. The van der Waals surface area contributed by atoms with Crippen LogP contribution in [0.25, 0.3) is 0 Å². The number of aliphatic hydroxyl groups is 1. The highest BCUT2D eigenvalue weighted by Crippen LogP contribution is 1.91. The number of nitriles is 1. The maximum absolute atomic E-state index is 8.51. The SMILES string of the molecule is C/N=C(\NC#N)NCCCCCO. The molecule has 0 unspecified atom stereocenters. The molecule has 0 atom stereocenters. The zero-order chi connectivity index (χ0) is 9.94. The average molecular weight is 184 g/mol. The van der Waals surface area contributed by atoms with Gasteiger partial charge < -0.3 is 10.4 Å². The summed E-state index contributed by atoms with van der Waals surface area (Å²) in [5.41, 5.74) is 0. The van der Waals surface area contributed by atoms with Gasteiger partial charge in [0.15, 0.2) is 6.19 Å². The van der Waals surface area contributed by atoms with Crippen LogP contribution >= 0.6 is 0 Å². The Morgan fingerprint density at radius 1 is 1.46 bits per heavy atom. The van der Waals surface area contributed by atoms with Gasteiger partial charge in [0, 0.05) is 20.2 Å². The molecule has 0 heterocycles. The summed E-state index contributed by atoms with van der Waals surface area (Å²) in [6.45, 7) is 1.01. The molecule has 0 fully saturated rings. The lowest BCUT2D eigenvalue weighted by molar-refractivity contribution is 0.283. The Morgan fingerprint density at radius 3 is 2.77 bits per heavy atom. The third kappa shape index (κ3) is 7.09. The molecular weight excluding hydrogens is 168 g/mol. The molecule has 0 aliphatic carbocycles. The first-order chi connectivity index (χ1) is 6.35. The summed E-state index contributed by atoms with van der Waals surface area (Å²) in [5, 5.41) is 22.2. The predicted octanol–water partition coefficient (Wildman–Crippen LogP) is -0.205. The maximum atomic E-state index is 8.51. The lowest BCUT2D eigenvalue weighted by Gasteiger charge is -2.05. The molecule has 0 saturated heterocycles. The van der Waals surface area contributed by atoms with Crippen molar-refractivity contribution in [2.24, 2.45) is 4.99 Å². The summed E-state index contributed by atoms with van der Waals surface area (Å²) in [6.07, 6.45) is 4.56. The minimum absolute atomic E-state index is 0.241. The highest BCUT2D eigenvalue weighted by Gasteiger charge is 1.93. The van der Waals surface area contributed by atoms with E-state index in [0.29, 0.717) is 5.96 Å². The van der Waals surface area contributed by atoms with Gasteiger partial charge in [-0.25, -0.2) is 0 Å². The molecule has 5 nitrogen and oxygen atoms in total. The van der Waals surface area contributed by atoms with E-state index in [0.717, 1.165) is 25.8 Å². The third-order valence-corrected chi connectivity index (χ3v) is 1.53. The molecule has 0 aromatic carbocycles. The van der Waals surface area contributed by atoms with E-state index in [9.17, 15) is 0 Å². The zero-order valence-corrected chi connectivity index (χ0v) is 7.88. The van der Waals surface area contributed by atoms with Crippen LogP contribution in [-0.2, 0) is 0 Å². The topological polar surface area (TPSA) is 80.4 Å². The largest absolute Gasteiger partial charge is 0.396 e. The summed E-state index contributed by atoms with van der Waals surface area (Å²) in [5.74, 6) is 0.492. The van der Waals surface area contributed by atoms with Gasteiger partial charge in [0.25, 0.3) is 0 Å². The number of hydrogen-bond acceptors (Lipinski definition) is 3. The number of guanidine groups is 1. The van der Waals surface area contributed by atoms with Crippen molar-refractivity contribution in [3.8, 4) is 6.19 Å². The van der Waals surface area contributed by atoms with Crippen molar-refractivity contribution < 1.29 is 5.11 Å². The van der Waals surface area contributed by atoms with E-state index in [1.807, 2.05) is 0 Å². The lowest BCUT2D eigenvalue weighted by atomic mass is 10.2. The quantitative estimate of drug-likeness (QED) is 0.182. The number of nitrogens with one attached hydrogen (secondary N) is 2. The molecule has 74 valence electrons. The molecule has 0 radical (unpaired) electrons. The van der Waals surface area contributed by atoms with Gasteiger partial charge in [-0.15, -0.1) is 0 Å². The number of nitrogens with zero attached hydrogens (tertiary/aromatic N) is 2. The first kappa shape index (κ1) is 11.7. The fourth-order valence-corrected chi connectivity index (χ4v) is 0.852. The number of aliphatic imine (C=N–C) groups is 1. The molecule has 0 aliphatic rings. The first-order valence-corrected chi connectivity index (χ1v) is 4.31. The Kier molecular flexibility index (Phi) is 7.95. The third-order valence-electron chi connectivity index (χ3n) is 1.53. The van der Waals surface area contributed by atoms with Crippen LogP contribution in [0.2, 0.25) is 0 Å². The maximum Gasteiger partial charge on any atom is 0.204 e. The van der Waals surface area contributed by atoms with E-state index in [1.165, 1.54) is 0 Å². The van der Waals surface area contributed by atoms with E-state index < -0.39 is 0 Å². The van der Waals surface area contributed by atoms with Gasteiger partial charge in [0.2, 0.25) is 5.96 Å². The number of rotatable bonds is 5. The van der Waals surface area contributed by atoms with E-state index in [-0.39, 0.29) is 6.61 Å². The molecule has 0 aliphatic heterocycles. The van der Waals surface area contributed by atoms with Gasteiger partial charge in [-0.1, -0.05) is 0 Å². The minimum atomic E-state index is 0.241. The van der Waals surface area contributed by atoms with Gasteiger partial charge in [-0.2, -0.15) is 5.26 Å². The monoisotopic (exact) mass is 184 g/mol. The molecule has 0 spiro atoms. The molecule has 0 amide bonds. The van der Waals surface area contributed by atoms with Gasteiger partial charge in [0.1, 0.15) is 0 Å². The fourth-order valence-electron chi connectivity index (χ4n) is 0.852. The molecule has 5 heteroatoms. The van der Waals surface area contributed by atoms with Crippen LogP contribution in [0.5, 0.6) is 0 Å². The van der Waals surface area contributed by atoms with Crippen LogP contribution in [0.1, 0.15) is 19.3 Å². The van der Waals surface area contributed by atoms with Gasteiger partial charge in [0.05, 0.1) is 0 Å². The fraction of sp³-hybridized carbons (Fsp3) is 0.750. The molecule has 13 heavy (non-hydrogen) atoms. The van der Waals surface area contributed by atoms with Crippen LogP contribution in [-0.4, -0.2) is 31.3 Å². The Hall–Kier alpha value is -1.28. The van der Waals surface area contributed by atoms with E-state index in [2.05, 4.69) is 15.6 Å². The Balaban J connectivity index is 3.35. The van der Waals surface area contributed by atoms with Crippen LogP contribution in [0.4, 0.5) is 0 Å². The van der Waals surface area contributed by atoms with Crippen molar-refractivity contribution in [3.05, 3.63) is 0 Å². The van der Waals surface area contributed by atoms with Crippen molar-refractivity contribution in [1.82, 2.24) is 10.6 Å². The smallest absolute Gasteiger partial charge is 0.204 e. The molecule has 3 N–H and O–H groups in total. The van der Waals surface area contributed by atoms with Crippen LogP contribution in [0, 0.1) is 11.5 Å². The van der Waals surface area contributed by atoms with Crippen molar-refractivity contribution in [1.29, 1.82) is 5.26 Å². The minimum Gasteiger partial charge on any atom is -0.396 e. The van der Waals surface area contributed by atoms with E-state index in [4.69, 9.17) is 10.4 Å². The van der Waals surface area contributed by atoms with Crippen LogP contribution in [0.15, 0.2) is 4.99 Å². The van der Waals surface area contributed by atoms with E-state index in [1.54, 1.807) is 13.2 Å². The van der Waals surface area contributed by atoms with Crippen molar-refractivity contribution in [2.45, 2.75) is 19.3 Å². The standard InChI is InChI=1S/C8H16N4O/c1-10-8(12-7-9)11-5-3-2-4-6-13/h13H,2-6H2,1H3,(H2,10,11,12).